The number of esters is 1. The second kappa shape index (κ2) is 11.2. The zero-order valence-electron chi connectivity index (χ0n) is 21.7. The van der Waals surface area contributed by atoms with E-state index in [0.29, 0.717) is 0 Å². The van der Waals surface area contributed by atoms with E-state index in [4.69, 9.17) is 9.47 Å². The fourth-order valence-electron chi connectivity index (χ4n) is 4.79. The number of alkyl halides is 2. The molecule has 5 rings (SSSR count). The second-order valence-electron chi connectivity index (χ2n) is 9.07. The van der Waals surface area contributed by atoms with E-state index in [1.165, 1.54) is 7.11 Å². The van der Waals surface area contributed by atoms with Gasteiger partial charge in [-0.15, -0.1) is 8.78 Å². The number of halogens is 2. The van der Waals surface area contributed by atoms with Crippen LogP contribution in [0.2, 0.25) is 0 Å². The number of hydrogen-bond donors (Lipinski definition) is 1. The summed E-state index contributed by atoms with van der Waals surface area (Å²) in [5.74, 6) is -2.05. The van der Waals surface area contributed by atoms with Crippen molar-refractivity contribution in [2.45, 2.75) is 17.9 Å². The number of nitro benzene ring substituents is 1. The molecule has 0 amide bonds. The van der Waals surface area contributed by atoms with Crippen molar-refractivity contribution >= 4 is 11.7 Å². The maximum Gasteiger partial charge on any atom is 0.586 e. The third-order valence-electron chi connectivity index (χ3n) is 6.58. The van der Waals surface area contributed by atoms with Crippen molar-refractivity contribution in [3.05, 3.63) is 130 Å². The summed E-state index contributed by atoms with van der Waals surface area (Å²) in [6.45, 7) is -0.461. The lowest BCUT2D eigenvalue weighted by atomic mass is 9.76. The zero-order valence-corrected chi connectivity index (χ0v) is 21.7. The summed E-state index contributed by atoms with van der Waals surface area (Å²) in [4.78, 5) is 24.1. The van der Waals surface area contributed by atoms with Crippen LogP contribution in [-0.2, 0) is 15.1 Å². The minimum atomic E-state index is -3.98. The average molecular weight is 563 g/mol. The first-order valence-corrected chi connectivity index (χ1v) is 12.5. The van der Waals surface area contributed by atoms with E-state index in [9.17, 15) is 23.7 Å². The van der Waals surface area contributed by atoms with Gasteiger partial charge in [0.05, 0.1) is 23.6 Å². The molecule has 1 N–H and O–H groups in total. The van der Waals surface area contributed by atoms with Crippen LogP contribution in [0.3, 0.4) is 0 Å². The minimum absolute atomic E-state index is 0.393. The Labute approximate surface area is 233 Å². The number of rotatable bonds is 10. The molecule has 11 heteroatoms. The number of nitro groups is 1. The van der Waals surface area contributed by atoms with Crippen molar-refractivity contribution < 1.29 is 37.4 Å². The normalized spacial score (nSPS) is 14.2. The van der Waals surface area contributed by atoms with E-state index in [-0.39, 0.29) is 0 Å². The van der Waals surface area contributed by atoms with Crippen molar-refractivity contribution in [1.82, 2.24) is 5.32 Å². The molecule has 1 unspecified atom stereocenters. The summed E-state index contributed by atoms with van der Waals surface area (Å²) in [7, 11) is 1.21. The van der Waals surface area contributed by atoms with Gasteiger partial charge >= 0.3 is 18.0 Å². The van der Waals surface area contributed by atoms with E-state index in [1.54, 1.807) is 0 Å². The van der Waals surface area contributed by atoms with Crippen LogP contribution in [0.4, 0.5) is 14.5 Å². The van der Waals surface area contributed by atoms with Crippen LogP contribution in [0, 0.1) is 10.1 Å². The van der Waals surface area contributed by atoms with Crippen LogP contribution < -0.4 is 19.5 Å². The van der Waals surface area contributed by atoms with Crippen molar-refractivity contribution in [2.75, 3.05) is 13.7 Å². The van der Waals surface area contributed by atoms with Crippen LogP contribution in [0.25, 0.3) is 0 Å². The largest absolute Gasteiger partial charge is 0.586 e. The molecule has 0 saturated heterocycles. The first-order valence-electron chi connectivity index (χ1n) is 12.5. The van der Waals surface area contributed by atoms with Gasteiger partial charge in [0.15, 0.2) is 11.5 Å². The molecule has 4 aromatic carbocycles. The van der Waals surface area contributed by atoms with Gasteiger partial charge in [-0.1, -0.05) is 91.0 Å². The third kappa shape index (κ3) is 5.52. The smallest absolute Gasteiger partial charge is 0.484 e. The van der Waals surface area contributed by atoms with Gasteiger partial charge in [0.2, 0.25) is 5.75 Å². The SMILES string of the molecule is COC(=O)C(COc1cc2c(cc1[N+](=O)[O-])OC(F)(F)O2)NC(c1ccccc1)(c1ccccc1)c1ccccc1. The molecule has 1 aliphatic rings. The molecule has 0 radical (unpaired) electrons. The molecule has 4 aromatic rings. The van der Waals surface area contributed by atoms with E-state index >= 15 is 0 Å². The van der Waals surface area contributed by atoms with Crippen molar-refractivity contribution in [1.29, 1.82) is 0 Å². The van der Waals surface area contributed by atoms with Gasteiger partial charge in [-0.2, -0.15) is 0 Å². The number of nitrogens with one attached hydrogen (secondary N) is 1. The fraction of sp³-hybridized carbons (Fsp3) is 0.167. The third-order valence-corrected chi connectivity index (χ3v) is 6.58. The van der Waals surface area contributed by atoms with E-state index in [1.807, 2.05) is 91.0 Å². The van der Waals surface area contributed by atoms with Gasteiger partial charge in [-0.3, -0.25) is 20.2 Å². The number of methoxy groups -OCH3 is 1. The van der Waals surface area contributed by atoms with E-state index < -0.39 is 58.3 Å². The molecule has 210 valence electrons. The highest BCUT2D eigenvalue weighted by Crippen LogP contribution is 2.47. The summed E-state index contributed by atoms with van der Waals surface area (Å²) in [6.07, 6.45) is -3.98. The number of fused-ring (bicyclic) bond motifs is 1. The molecule has 9 nitrogen and oxygen atoms in total. The lowest BCUT2D eigenvalue weighted by Gasteiger charge is -2.39. The molecule has 0 bridgehead atoms. The molecular formula is C30H24F2N2O7. The topological polar surface area (TPSA) is 109 Å². The molecule has 1 atom stereocenters. The molecule has 0 aliphatic carbocycles. The maximum absolute atomic E-state index is 13.6. The maximum atomic E-state index is 13.6. The summed E-state index contributed by atoms with van der Waals surface area (Å²) >= 11 is 0. The van der Waals surface area contributed by atoms with Gasteiger partial charge in [-0.05, 0) is 16.7 Å². The van der Waals surface area contributed by atoms with Gasteiger partial charge < -0.3 is 18.9 Å². The first kappa shape index (κ1) is 27.5. The Balaban J connectivity index is 1.57. The average Bonchev–Trinajstić information content (AvgIpc) is 3.30. The van der Waals surface area contributed by atoms with Gasteiger partial charge in [0.1, 0.15) is 12.6 Å². The standard InChI is InChI=1S/C30H24F2N2O7/c1-38-28(35)23(19-39-25-18-27-26(17-24(25)34(36)37)40-30(31,32)41-27)33-29(20-11-5-2-6-12-20,21-13-7-3-8-14-21)22-15-9-4-10-16-22/h2-18,23,33H,19H2,1H3. The summed E-state index contributed by atoms with van der Waals surface area (Å²) in [5.41, 5.74) is 0.636. The molecule has 0 spiro atoms. The van der Waals surface area contributed by atoms with Crippen LogP contribution in [0.1, 0.15) is 16.7 Å². The minimum Gasteiger partial charge on any atom is -0.484 e. The van der Waals surface area contributed by atoms with Gasteiger partial charge in [-0.25, -0.2) is 0 Å². The molecule has 41 heavy (non-hydrogen) atoms. The van der Waals surface area contributed by atoms with Crippen LogP contribution in [0.15, 0.2) is 103 Å². The Morgan fingerprint density at radius 3 is 1.80 bits per heavy atom. The molecule has 0 saturated carbocycles. The lowest BCUT2D eigenvalue weighted by molar-refractivity contribution is -0.386. The fourth-order valence-corrected chi connectivity index (χ4v) is 4.79. The van der Waals surface area contributed by atoms with Crippen LogP contribution in [-0.4, -0.2) is 36.9 Å². The molecule has 0 fully saturated rings. The monoisotopic (exact) mass is 562 g/mol. The Hall–Kier alpha value is -5.03. The highest BCUT2D eigenvalue weighted by molar-refractivity contribution is 5.76. The Morgan fingerprint density at radius 2 is 1.37 bits per heavy atom. The van der Waals surface area contributed by atoms with E-state index in [2.05, 4.69) is 14.8 Å². The Kier molecular flexibility index (Phi) is 7.54. The molecular weight excluding hydrogens is 538 g/mol. The number of hydrogen-bond acceptors (Lipinski definition) is 8. The Morgan fingerprint density at radius 1 is 0.902 bits per heavy atom. The number of carbonyl (C=O) groups is 1. The van der Waals surface area contributed by atoms with Crippen molar-refractivity contribution in [3.8, 4) is 17.2 Å². The van der Waals surface area contributed by atoms with Crippen LogP contribution >= 0.6 is 0 Å². The highest BCUT2D eigenvalue weighted by Gasteiger charge is 2.45. The van der Waals surface area contributed by atoms with E-state index in [0.717, 1.165) is 28.8 Å². The first-order chi connectivity index (χ1) is 19.7. The number of nitrogens with zero attached hydrogens (tertiary/aromatic N) is 1. The number of benzene rings is 4. The molecule has 0 aromatic heterocycles. The van der Waals surface area contributed by atoms with Crippen LogP contribution in [0.5, 0.6) is 17.2 Å². The quantitative estimate of drug-likeness (QED) is 0.118. The van der Waals surface area contributed by atoms with Gasteiger partial charge in [0.25, 0.3) is 0 Å². The second-order valence-corrected chi connectivity index (χ2v) is 9.07. The van der Waals surface area contributed by atoms with Crippen molar-refractivity contribution in [2.24, 2.45) is 0 Å². The predicted octanol–water partition coefficient (Wildman–Crippen LogP) is 5.42. The molecule has 1 heterocycles. The molecule has 1 aliphatic heterocycles. The summed E-state index contributed by atoms with van der Waals surface area (Å²) < 4.78 is 46.8. The van der Waals surface area contributed by atoms with Crippen molar-refractivity contribution in [3.63, 3.8) is 0 Å². The summed E-state index contributed by atoms with van der Waals surface area (Å²) in [5, 5.41) is 15.1. The Bertz CT molecular complexity index is 1440. The zero-order chi connectivity index (χ0) is 29.0. The lowest BCUT2D eigenvalue weighted by Crippen LogP contribution is -2.55. The predicted molar refractivity (Wildman–Crippen MR) is 143 cm³/mol. The van der Waals surface area contributed by atoms with Gasteiger partial charge in [0, 0.05) is 6.07 Å². The number of carbonyl (C=O) groups excluding carboxylic acids is 1. The summed E-state index contributed by atoms with van der Waals surface area (Å²) in [6, 6.07) is 28.8. The highest BCUT2D eigenvalue weighted by atomic mass is 19.3. The number of ether oxygens (including phenoxy) is 4.